The summed E-state index contributed by atoms with van der Waals surface area (Å²) in [5.74, 6) is -18.2. The summed E-state index contributed by atoms with van der Waals surface area (Å²) < 4.78 is 0. The molecule has 6 rings (SSSR count). The Morgan fingerprint density at radius 2 is 0.222 bits per heavy atom. The van der Waals surface area contributed by atoms with E-state index in [0.29, 0.717) is 78.5 Å². The number of carbonyl (C=O) groups excluding carboxylic acids is 12. The largest absolute Gasteiger partial charge is 3.00 e. The maximum absolute atomic E-state index is 10.2. The number of nitrogens with two attached hydrogens (primary N) is 12. The number of aromatic carboxylic acids is 12. The molecular weight excluding hydrogens is 1990 g/mol. The third-order valence-electron chi connectivity index (χ3n) is 8.00. The number of aromatic nitrogens is 6. The Morgan fingerprint density at radius 1 is 0.171 bits per heavy atom. The zero-order chi connectivity index (χ0) is 75.3. The molecule has 0 unspecified atom stereocenters. The SMILES string of the molecule is NCCN.NCCN.NCCN.NCCN.NCCN.NCCN.O.O.O.O.O.O.O.O.O.O.O.O.O.O.O.O.O.O=C([O-])c1cccc(C(=O)[O-])n1.O=C([O-])c1cccc(C(=O)[O-])n1.O=C([O-])c1cccc(C(=O)[O-])n1.O=C([O-])c1cccc(C(=O)[O-])n1.O=C([O-])c1cccc(C(=O)[O-])n1.O=C([O-])c1cccc(C(=O)[O-])n1.[Co+3].[Co+3].[Gd+3].[Gd+3]. The van der Waals surface area contributed by atoms with Gasteiger partial charge < -0.3 is 281 Å². The molecule has 0 spiro atoms. The number of hydrogen-bond acceptors (Lipinski definition) is 42. The van der Waals surface area contributed by atoms with Crippen LogP contribution in [0.4, 0.5) is 0 Å². The molecule has 117 heavy (non-hydrogen) atoms. The zero-order valence-electron chi connectivity index (χ0n) is 60.2. The zero-order valence-corrected chi connectivity index (χ0v) is 66.8. The summed E-state index contributed by atoms with van der Waals surface area (Å²) in [5.41, 5.74) is 53.8. The van der Waals surface area contributed by atoms with Crippen molar-refractivity contribution in [2.24, 2.45) is 68.8 Å². The minimum Gasteiger partial charge on any atom is -0.543 e. The van der Waals surface area contributed by atoms with Gasteiger partial charge in [-0.25, -0.2) is 29.9 Å². The van der Waals surface area contributed by atoms with Crippen molar-refractivity contribution >= 4 is 71.6 Å². The molecule has 63 heteroatoms. The van der Waals surface area contributed by atoms with Gasteiger partial charge in [0, 0.05) is 78.5 Å². The van der Waals surface area contributed by atoms with Crippen LogP contribution in [0.25, 0.3) is 0 Å². The number of nitrogens with zero attached hydrogens (tertiary/aromatic N) is 6. The van der Waals surface area contributed by atoms with Crippen LogP contribution in [-0.4, -0.2) is 273 Å². The van der Waals surface area contributed by atoms with Crippen LogP contribution in [-0.2, 0) is 33.6 Å². The van der Waals surface area contributed by atoms with Crippen molar-refractivity contribution in [2.45, 2.75) is 0 Å². The summed E-state index contributed by atoms with van der Waals surface area (Å²) in [5, 5.41) is 122. The van der Waals surface area contributed by atoms with E-state index in [1.807, 2.05) is 0 Å². The van der Waals surface area contributed by atoms with Crippen LogP contribution in [0.15, 0.2) is 109 Å². The van der Waals surface area contributed by atoms with Crippen molar-refractivity contribution < 1.29 is 325 Å². The number of carboxylic acids is 12. The average Bonchev–Trinajstić information content (AvgIpc) is 0.930. The van der Waals surface area contributed by atoms with Gasteiger partial charge in [0.05, 0.1) is 140 Å². The summed E-state index contributed by atoms with van der Waals surface area (Å²) >= 11 is 0. The summed E-state index contributed by atoms with van der Waals surface area (Å²) in [6.45, 7) is 7.17. The number of pyridine rings is 6. The van der Waals surface area contributed by atoms with E-state index < -0.39 is 140 Å². The molecule has 0 saturated carbocycles. The van der Waals surface area contributed by atoms with Crippen molar-refractivity contribution in [1.29, 1.82) is 0 Å². The van der Waals surface area contributed by atoms with Gasteiger partial charge in [0.25, 0.3) is 0 Å². The van der Waals surface area contributed by atoms with Gasteiger partial charge in [0.15, 0.2) is 0 Å². The summed E-state index contributed by atoms with van der Waals surface area (Å²) in [6, 6.07) is 21.2. The van der Waals surface area contributed by atoms with E-state index in [0.717, 1.165) is 72.8 Å². The Morgan fingerprint density at radius 3 is 0.256 bits per heavy atom. The molecule has 0 aliphatic rings. The van der Waals surface area contributed by atoms with Crippen molar-refractivity contribution in [1.82, 2.24) is 29.9 Å². The molecule has 0 bridgehead atoms. The first-order valence-electron chi connectivity index (χ1n) is 25.9. The van der Waals surface area contributed by atoms with E-state index in [2.05, 4.69) is 29.9 Å². The second-order valence-electron chi connectivity index (χ2n) is 15.4. The van der Waals surface area contributed by atoms with Crippen molar-refractivity contribution in [3.8, 4) is 0 Å². The molecule has 59 nitrogen and oxygen atoms in total. The van der Waals surface area contributed by atoms with Gasteiger partial charge in [-0.1, -0.05) is 36.4 Å². The Labute approximate surface area is 746 Å². The molecule has 58 N–H and O–H groups in total. The molecule has 0 aromatic carbocycles. The van der Waals surface area contributed by atoms with Gasteiger partial charge in [0.2, 0.25) is 0 Å². The van der Waals surface area contributed by atoms with E-state index >= 15 is 0 Å². The minimum atomic E-state index is -1.52. The first-order chi connectivity index (χ1) is 45.1. The minimum absolute atomic E-state index is 0. The first-order valence-corrected chi connectivity index (χ1v) is 25.9. The molecule has 6 aromatic rings. The third kappa shape index (κ3) is 107. The van der Waals surface area contributed by atoms with Crippen LogP contribution >= 0.6 is 0 Å². The summed E-state index contributed by atoms with van der Waals surface area (Å²) in [7, 11) is 0. The van der Waals surface area contributed by atoms with Crippen molar-refractivity contribution in [2.75, 3.05) is 78.5 Å². The van der Waals surface area contributed by atoms with Gasteiger partial charge in [-0.2, -0.15) is 0 Å². The van der Waals surface area contributed by atoms with E-state index in [-0.39, 0.29) is 207 Å². The quantitative estimate of drug-likeness (QED) is 0.0380. The maximum atomic E-state index is 10.2. The van der Waals surface area contributed by atoms with Crippen LogP contribution < -0.4 is 130 Å². The molecule has 6 heterocycles. The van der Waals surface area contributed by atoms with Crippen LogP contribution in [0.5, 0.6) is 0 Å². The van der Waals surface area contributed by atoms with Crippen LogP contribution in [0.1, 0.15) is 126 Å². The van der Waals surface area contributed by atoms with Gasteiger partial charge in [-0.05, 0) is 72.8 Å². The predicted molar refractivity (Wildman–Crippen MR) is 367 cm³/mol. The molecule has 0 amide bonds. The monoisotopic (exact) mass is 2090 g/mol. The van der Waals surface area contributed by atoms with E-state index in [9.17, 15) is 119 Å². The molecule has 0 fully saturated rings. The van der Waals surface area contributed by atoms with Crippen LogP contribution in [0.3, 0.4) is 0 Å². The van der Waals surface area contributed by atoms with E-state index in [1.165, 1.54) is 36.4 Å². The van der Waals surface area contributed by atoms with Gasteiger partial charge in [-0.15, -0.1) is 0 Å². The second-order valence-corrected chi connectivity index (χ2v) is 15.4. The second kappa shape index (κ2) is 123. The van der Waals surface area contributed by atoms with Gasteiger partial charge in [0.1, 0.15) is 0 Å². The van der Waals surface area contributed by atoms with Gasteiger partial charge >= 0.3 is 113 Å². The van der Waals surface area contributed by atoms with E-state index in [4.69, 9.17) is 68.8 Å². The third-order valence-corrected chi connectivity index (χ3v) is 8.00. The Bertz CT molecular complexity index is 2630. The molecular formula is C54H100Co2Gd2N18O41. The van der Waals surface area contributed by atoms with Crippen LogP contribution in [0, 0.1) is 79.9 Å². The van der Waals surface area contributed by atoms with Crippen LogP contribution in [0.2, 0.25) is 0 Å². The fraction of sp³-hybridized carbons (Fsp3) is 0.222. The number of rotatable bonds is 18. The normalized spacial score (nSPS) is 7.28. The number of carbonyl (C=O) groups is 12. The fourth-order valence-corrected chi connectivity index (χ4v) is 3.97. The van der Waals surface area contributed by atoms with E-state index in [1.54, 1.807) is 0 Å². The average molecular weight is 2090 g/mol. The Balaban J connectivity index is -0.0000000304. The topological polar surface area (TPSA) is 1410 Å². The van der Waals surface area contributed by atoms with Crippen molar-refractivity contribution in [3.63, 3.8) is 0 Å². The smallest absolute Gasteiger partial charge is 0.543 e. The first kappa shape index (κ1) is 188. The molecule has 0 aliphatic heterocycles. The molecule has 0 saturated heterocycles. The number of carboxylic acid groups (broad SMARTS) is 12. The summed E-state index contributed by atoms with van der Waals surface area (Å²) in [6.07, 6.45) is 0. The molecule has 2 radical (unpaired) electrons. The van der Waals surface area contributed by atoms with Gasteiger partial charge in [-0.3, -0.25) is 0 Å². The molecule has 6 aromatic heterocycles. The summed E-state index contributed by atoms with van der Waals surface area (Å²) in [4.78, 5) is 142. The van der Waals surface area contributed by atoms with Crippen molar-refractivity contribution in [3.05, 3.63) is 178 Å². The fourth-order valence-electron chi connectivity index (χ4n) is 3.97. The Hall–Kier alpha value is -8.96. The predicted octanol–water partition coefficient (Wildman–Crippen LogP) is -33.8. The molecule has 0 aliphatic carbocycles. The molecule has 686 valence electrons. The molecule has 0 atom stereocenters. The number of hydrogen-bond donors (Lipinski definition) is 12. The maximum Gasteiger partial charge on any atom is 3.00 e. The Kier molecular flexibility index (Phi) is 198. The standard InChI is InChI=1S/6C7H5NO4.6C2H8N2.2Co.2Gd.17H2O/c6*9-6(10)4-2-1-3-5(8-4)7(11)12;6*3-1-2-4;;;;;;;;;;;;;;;;;;;;;/h6*1-3H,(H,9,10)(H,11,12);6*1-4H2;;;;;17*1H2/q;;;;;;;;;;;;4*+3;;;;;;;;;;;;;;;;;/p-12.